The maximum absolute atomic E-state index is 15.5. The first kappa shape index (κ1) is 28.2. The number of halogens is 4. The fraction of sp³-hybridized carbons (Fsp3) is 0.444. The molecule has 4 heterocycles. The highest BCUT2D eigenvalue weighted by molar-refractivity contribution is 7.90. The van der Waals surface area contributed by atoms with Gasteiger partial charge in [0.2, 0.25) is 0 Å². The molecule has 0 spiro atoms. The fourth-order valence-electron chi connectivity index (χ4n) is 5.53. The molecule has 0 bridgehead atoms. The number of rotatable bonds is 6. The summed E-state index contributed by atoms with van der Waals surface area (Å²) in [7, 11) is -0.181. The minimum Gasteiger partial charge on any atom is -0.495 e. The molecule has 214 valence electrons. The Balaban J connectivity index is 1.43. The van der Waals surface area contributed by atoms with Crippen LogP contribution in [0.15, 0.2) is 41.4 Å². The Morgan fingerprint density at radius 1 is 1.30 bits per heavy atom. The predicted octanol–water partition coefficient (Wildman–Crippen LogP) is 3.37. The summed E-state index contributed by atoms with van der Waals surface area (Å²) in [6.07, 6.45) is -2.92. The van der Waals surface area contributed by atoms with Crippen LogP contribution in [-0.4, -0.2) is 80.6 Å². The number of sulfone groups is 1. The number of hydrogen-bond donors (Lipinski definition) is 2. The lowest BCUT2D eigenvalue weighted by atomic mass is 9.96. The van der Waals surface area contributed by atoms with Crippen LogP contribution in [-0.2, 0) is 16.3 Å². The van der Waals surface area contributed by atoms with Gasteiger partial charge in [0.05, 0.1) is 42.4 Å². The van der Waals surface area contributed by atoms with Gasteiger partial charge in [0.25, 0.3) is 0 Å². The Morgan fingerprint density at radius 2 is 2.08 bits per heavy atom. The van der Waals surface area contributed by atoms with E-state index in [1.165, 1.54) is 35.9 Å². The molecular weight excluding hydrogens is 550 g/mol. The largest absolute Gasteiger partial charge is 0.495 e. The minimum absolute atomic E-state index is 0.0150. The summed E-state index contributed by atoms with van der Waals surface area (Å²) >= 11 is 0. The Morgan fingerprint density at radius 3 is 2.75 bits per heavy atom. The van der Waals surface area contributed by atoms with Gasteiger partial charge in [0, 0.05) is 49.6 Å². The molecule has 5 rings (SSSR count). The number of hydrogen-bond acceptors (Lipinski definition) is 7. The maximum atomic E-state index is 15.5. The molecule has 13 heteroatoms. The third-order valence-corrected chi connectivity index (χ3v) is 8.41. The van der Waals surface area contributed by atoms with Crippen molar-refractivity contribution in [1.82, 2.24) is 19.6 Å². The topological polar surface area (TPSA) is 88.0 Å². The highest BCUT2D eigenvalue weighted by Gasteiger charge is 2.53. The molecule has 3 atom stereocenters. The number of methoxy groups -OCH3 is 1. The highest BCUT2D eigenvalue weighted by atomic mass is 32.2. The lowest BCUT2D eigenvalue weighted by Gasteiger charge is -2.18. The third-order valence-electron chi connectivity index (χ3n) is 7.29. The van der Waals surface area contributed by atoms with Crippen LogP contribution < -0.4 is 15.4 Å². The number of aromatic nitrogens is 2. The smallest absolute Gasteiger partial charge is 0.394 e. The number of nitrogens with zero attached hydrogens (tertiary/aromatic N) is 3. The summed E-state index contributed by atoms with van der Waals surface area (Å²) in [6.45, 7) is 0.878. The SMILES string of the molecule is COc1cc(S(C)(=O)=O)ccc1NCC#Cc1nc2c([C@H]3C[C@]4(F)CN(C)C[C@@H]4N3)cccn2c1CC(F)(F)F. The van der Waals surface area contributed by atoms with Crippen molar-refractivity contribution in [3.8, 4) is 17.6 Å². The molecule has 2 aliphatic rings. The first-order chi connectivity index (χ1) is 18.8. The van der Waals surface area contributed by atoms with Crippen LogP contribution in [0.25, 0.3) is 5.65 Å². The van der Waals surface area contributed by atoms with Crippen LogP contribution >= 0.6 is 0 Å². The van der Waals surface area contributed by atoms with Crippen LogP contribution in [0.2, 0.25) is 0 Å². The lowest BCUT2D eigenvalue weighted by molar-refractivity contribution is -0.128. The quantitative estimate of drug-likeness (QED) is 0.342. The second-order valence-electron chi connectivity index (χ2n) is 10.4. The van der Waals surface area contributed by atoms with Gasteiger partial charge in [-0.05, 0) is 31.2 Å². The average molecular weight is 580 g/mol. The molecule has 2 aromatic heterocycles. The van der Waals surface area contributed by atoms with Gasteiger partial charge in [-0.1, -0.05) is 12.0 Å². The molecule has 40 heavy (non-hydrogen) atoms. The first-order valence-electron chi connectivity index (χ1n) is 12.6. The van der Waals surface area contributed by atoms with Crippen molar-refractivity contribution in [2.45, 2.75) is 41.7 Å². The number of anilines is 1. The number of benzene rings is 1. The summed E-state index contributed by atoms with van der Waals surface area (Å²) in [5.74, 6) is 5.85. The standard InChI is InChI=1S/C27H29F4N5O3S/c1-35-15-24-26(28,16-35)13-21(33-24)18-6-5-11-36-22(14-27(29,30)31)19(34-25(18)36)7-4-10-32-20-9-8-17(40(3,37)38)12-23(20)39-2/h5-6,8-9,11-12,21,24,32-33H,10,13-16H2,1-3H3/t21-,24+,26+/m1/s1. The summed E-state index contributed by atoms with van der Waals surface area (Å²) in [4.78, 5) is 6.49. The molecule has 0 amide bonds. The van der Waals surface area contributed by atoms with Gasteiger partial charge in [0.15, 0.2) is 9.84 Å². The number of alkyl halides is 4. The molecular formula is C27H29F4N5O3S. The van der Waals surface area contributed by atoms with E-state index >= 15 is 4.39 Å². The van der Waals surface area contributed by atoms with Crippen molar-refractivity contribution in [3.05, 3.63) is 53.5 Å². The second kappa shape index (κ2) is 10.2. The van der Waals surface area contributed by atoms with E-state index < -0.39 is 34.1 Å². The predicted molar refractivity (Wildman–Crippen MR) is 142 cm³/mol. The van der Waals surface area contributed by atoms with Gasteiger partial charge in [-0.3, -0.25) is 0 Å². The Kier molecular flexibility index (Phi) is 7.22. The Hall–Kier alpha value is -3.34. The van der Waals surface area contributed by atoms with Gasteiger partial charge in [-0.15, -0.1) is 0 Å². The number of ether oxygens (including phenoxy) is 1. The zero-order valence-corrected chi connectivity index (χ0v) is 23.0. The number of likely N-dealkylation sites (tertiary alicyclic amines) is 1. The summed E-state index contributed by atoms with van der Waals surface area (Å²) in [5.41, 5.74) is -0.115. The highest BCUT2D eigenvalue weighted by Crippen LogP contribution is 2.42. The molecule has 8 nitrogen and oxygen atoms in total. The first-order valence-corrected chi connectivity index (χ1v) is 14.5. The van der Waals surface area contributed by atoms with Crippen molar-refractivity contribution < 1.29 is 30.7 Å². The van der Waals surface area contributed by atoms with Gasteiger partial charge in [0.1, 0.15) is 22.8 Å². The van der Waals surface area contributed by atoms with Gasteiger partial charge < -0.3 is 24.7 Å². The third kappa shape index (κ3) is 5.61. The van der Waals surface area contributed by atoms with Gasteiger partial charge in [-0.2, -0.15) is 13.2 Å². The van der Waals surface area contributed by atoms with E-state index in [1.54, 1.807) is 12.1 Å². The minimum atomic E-state index is -4.49. The van der Waals surface area contributed by atoms with Crippen molar-refractivity contribution in [2.75, 3.05) is 45.4 Å². The summed E-state index contributed by atoms with van der Waals surface area (Å²) in [5, 5.41) is 6.31. The molecule has 3 aromatic rings. The molecule has 0 unspecified atom stereocenters. The maximum Gasteiger partial charge on any atom is 0.394 e. The van der Waals surface area contributed by atoms with E-state index in [0.717, 1.165) is 6.26 Å². The van der Waals surface area contributed by atoms with Crippen molar-refractivity contribution in [3.63, 3.8) is 0 Å². The number of fused-ring (bicyclic) bond motifs is 2. The van der Waals surface area contributed by atoms with E-state index in [0.29, 0.717) is 30.0 Å². The van der Waals surface area contributed by atoms with E-state index in [2.05, 4.69) is 27.5 Å². The van der Waals surface area contributed by atoms with Crippen LogP contribution in [0.3, 0.4) is 0 Å². The van der Waals surface area contributed by atoms with Crippen molar-refractivity contribution in [1.29, 1.82) is 0 Å². The number of pyridine rings is 1. The second-order valence-corrected chi connectivity index (χ2v) is 12.4. The van der Waals surface area contributed by atoms with Crippen molar-refractivity contribution >= 4 is 21.2 Å². The molecule has 2 aliphatic heterocycles. The van der Waals surface area contributed by atoms with E-state index in [1.807, 2.05) is 11.9 Å². The zero-order chi connectivity index (χ0) is 28.9. The van der Waals surface area contributed by atoms with Gasteiger partial charge >= 0.3 is 6.18 Å². The summed E-state index contributed by atoms with van der Waals surface area (Å²) < 4.78 is 86.5. The fourth-order valence-corrected chi connectivity index (χ4v) is 6.17. The molecule has 0 aliphatic carbocycles. The molecule has 0 radical (unpaired) electrons. The molecule has 2 fully saturated rings. The molecule has 2 N–H and O–H groups in total. The number of likely N-dealkylation sites (N-methyl/N-ethyl adjacent to an activating group) is 1. The Labute approximate surface area is 229 Å². The molecule has 0 saturated carbocycles. The molecule has 1 aromatic carbocycles. The monoisotopic (exact) mass is 579 g/mol. The van der Waals surface area contributed by atoms with Crippen LogP contribution in [0.4, 0.5) is 23.2 Å². The van der Waals surface area contributed by atoms with E-state index in [4.69, 9.17) is 4.74 Å². The average Bonchev–Trinajstić information content (AvgIpc) is 3.46. The number of nitrogens with one attached hydrogen (secondary N) is 2. The molecule has 2 saturated heterocycles. The van der Waals surface area contributed by atoms with E-state index in [9.17, 15) is 21.6 Å². The van der Waals surface area contributed by atoms with Crippen molar-refractivity contribution in [2.24, 2.45) is 0 Å². The summed E-state index contributed by atoms with van der Waals surface area (Å²) in [6, 6.07) is 6.98. The lowest BCUT2D eigenvalue weighted by Crippen LogP contribution is -2.37. The van der Waals surface area contributed by atoms with Gasteiger partial charge in [-0.25, -0.2) is 17.8 Å². The van der Waals surface area contributed by atoms with Crippen LogP contribution in [0.1, 0.15) is 29.4 Å². The zero-order valence-electron chi connectivity index (χ0n) is 22.1. The van der Waals surface area contributed by atoms with Crippen LogP contribution in [0, 0.1) is 11.8 Å². The van der Waals surface area contributed by atoms with Crippen LogP contribution in [0.5, 0.6) is 5.75 Å². The number of imidazole rings is 1. The Bertz CT molecular complexity index is 1610. The van der Waals surface area contributed by atoms with E-state index in [-0.39, 0.29) is 41.0 Å². The normalized spacial score (nSPS) is 23.2.